The van der Waals surface area contributed by atoms with E-state index in [9.17, 15) is 0 Å². The third kappa shape index (κ3) is 7.24. The average Bonchev–Trinajstić information content (AvgIpc) is 2.21. The van der Waals surface area contributed by atoms with Gasteiger partial charge in [-0.25, -0.2) is 0 Å². The Morgan fingerprint density at radius 1 is 1.06 bits per heavy atom. The van der Waals surface area contributed by atoms with Crippen molar-refractivity contribution in [1.29, 1.82) is 0 Å². The van der Waals surface area contributed by atoms with Crippen molar-refractivity contribution >= 4 is 0 Å². The summed E-state index contributed by atoms with van der Waals surface area (Å²) in [7, 11) is 0. The molecule has 0 spiro atoms. The molecule has 0 aromatic rings. The Bertz CT molecular complexity index is 157. The number of hydrogen-bond acceptors (Lipinski definition) is 2. The summed E-state index contributed by atoms with van der Waals surface area (Å²) in [5.74, 6) is 0.786. The molecule has 1 unspecified atom stereocenters. The molecule has 2 heteroatoms. The smallest absolute Gasteiger partial charge is 0.0107 e. The molecule has 98 valence electrons. The normalized spacial score (nSPS) is 14.4. The molecule has 0 aliphatic carbocycles. The van der Waals surface area contributed by atoms with Crippen LogP contribution in [0.2, 0.25) is 0 Å². The summed E-state index contributed by atoms with van der Waals surface area (Å²) in [5.41, 5.74) is 0.445. The van der Waals surface area contributed by atoms with Gasteiger partial charge in [-0.3, -0.25) is 0 Å². The van der Waals surface area contributed by atoms with Crippen molar-refractivity contribution in [3.63, 3.8) is 0 Å². The van der Waals surface area contributed by atoms with Crippen molar-refractivity contribution in [2.24, 2.45) is 11.3 Å². The minimum Gasteiger partial charge on any atom is -0.315 e. The van der Waals surface area contributed by atoms with Crippen molar-refractivity contribution in [2.45, 2.75) is 48.0 Å². The Kier molecular flexibility index (Phi) is 8.04. The van der Waals surface area contributed by atoms with Gasteiger partial charge in [0.15, 0.2) is 0 Å². The molecular formula is C14H32N2. The molecule has 2 nitrogen and oxygen atoms in total. The molecule has 0 radical (unpaired) electrons. The Morgan fingerprint density at radius 3 is 2.06 bits per heavy atom. The summed E-state index contributed by atoms with van der Waals surface area (Å²) in [4.78, 5) is 2.46. The molecule has 0 fully saturated rings. The Morgan fingerprint density at radius 2 is 1.62 bits per heavy atom. The van der Waals surface area contributed by atoms with Crippen LogP contribution in [0.15, 0.2) is 0 Å². The monoisotopic (exact) mass is 228 g/mol. The number of likely N-dealkylation sites (N-methyl/N-ethyl adjacent to an activating group) is 1. The molecular weight excluding hydrogens is 196 g/mol. The highest BCUT2D eigenvalue weighted by atomic mass is 15.1. The first-order valence-electron chi connectivity index (χ1n) is 6.84. The molecule has 0 aliphatic heterocycles. The molecule has 0 aliphatic rings. The van der Waals surface area contributed by atoms with E-state index in [1.54, 1.807) is 0 Å². The Balaban J connectivity index is 3.47. The summed E-state index contributed by atoms with van der Waals surface area (Å²) < 4.78 is 0. The van der Waals surface area contributed by atoms with Gasteiger partial charge in [-0.1, -0.05) is 41.5 Å². The highest BCUT2D eigenvalue weighted by Crippen LogP contribution is 2.27. The van der Waals surface area contributed by atoms with E-state index in [4.69, 9.17) is 0 Å². The van der Waals surface area contributed by atoms with Crippen molar-refractivity contribution in [3.8, 4) is 0 Å². The van der Waals surface area contributed by atoms with Gasteiger partial charge in [-0.05, 0) is 37.4 Å². The zero-order chi connectivity index (χ0) is 12.6. The maximum Gasteiger partial charge on any atom is 0.0107 e. The SMILES string of the molecule is CCN(CC)CCNCCC(C)C(C)(C)C. The molecule has 0 aromatic heterocycles. The zero-order valence-electron chi connectivity index (χ0n) is 12.3. The van der Waals surface area contributed by atoms with E-state index in [1.807, 2.05) is 0 Å². The first kappa shape index (κ1) is 15.9. The van der Waals surface area contributed by atoms with Crippen molar-refractivity contribution < 1.29 is 0 Å². The van der Waals surface area contributed by atoms with E-state index >= 15 is 0 Å². The van der Waals surface area contributed by atoms with Gasteiger partial charge in [-0.15, -0.1) is 0 Å². The molecule has 0 heterocycles. The third-order valence-electron chi connectivity index (χ3n) is 3.73. The fraction of sp³-hybridized carbons (Fsp3) is 1.00. The van der Waals surface area contributed by atoms with Crippen LogP contribution in [-0.2, 0) is 0 Å². The van der Waals surface area contributed by atoms with E-state index in [0.717, 1.165) is 32.1 Å². The van der Waals surface area contributed by atoms with E-state index in [2.05, 4.69) is 51.8 Å². The minimum absolute atomic E-state index is 0.445. The fourth-order valence-corrected chi connectivity index (χ4v) is 1.65. The van der Waals surface area contributed by atoms with Crippen LogP contribution in [-0.4, -0.2) is 37.6 Å². The van der Waals surface area contributed by atoms with E-state index in [1.165, 1.54) is 13.0 Å². The first-order chi connectivity index (χ1) is 7.41. The molecule has 0 aromatic carbocycles. The second-order valence-electron chi connectivity index (χ2n) is 5.83. The Hall–Kier alpha value is -0.0800. The number of rotatable bonds is 8. The molecule has 0 amide bonds. The van der Waals surface area contributed by atoms with Crippen LogP contribution in [0, 0.1) is 11.3 Å². The quantitative estimate of drug-likeness (QED) is 0.643. The lowest BCUT2D eigenvalue weighted by molar-refractivity contribution is 0.242. The fourth-order valence-electron chi connectivity index (χ4n) is 1.65. The maximum atomic E-state index is 3.55. The molecule has 0 saturated heterocycles. The minimum atomic E-state index is 0.445. The highest BCUT2D eigenvalue weighted by molar-refractivity contribution is 4.70. The van der Waals surface area contributed by atoms with Crippen molar-refractivity contribution in [2.75, 3.05) is 32.7 Å². The number of nitrogens with one attached hydrogen (secondary N) is 1. The lowest BCUT2D eigenvalue weighted by Gasteiger charge is -2.27. The van der Waals surface area contributed by atoms with E-state index in [-0.39, 0.29) is 0 Å². The second-order valence-corrected chi connectivity index (χ2v) is 5.83. The van der Waals surface area contributed by atoms with Crippen LogP contribution in [0.1, 0.15) is 48.0 Å². The third-order valence-corrected chi connectivity index (χ3v) is 3.73. The van der Waals surface area contributed by atoms with E-state index in [0.29, 0.717) is 5.41 Å². The predicted molar refractivity (Wildman–Crippen MR) is 73.9 cm³/mol. The average molecular weight is 228 g/mol. The van der Waals surface area contributed by atoms with Gasteiger partial charge in [-0.2, -0.15) is 0 Å². The highest BCUT2D eigenvalue weighted by Gasteiger charge is 2.18. The van der Waals surface area contributed by atoms with Crippen LogP contribution in [0.4, 0.5) is 0 Å². The van der Waals surface area contributed by atoms with Crippen LogP contribution < -0.4 is 5.32 Å². The van der Waals surface area contributed by atoms with Gasteiger partial charge in [0.1, 0.15) is 0 Å². The van der Waals surface area contributed by atoms with Crippen LogP contribution in [0.5, 0.6) is 0 Å². The maximum absolute atomic E-state index is 3.55. The van der Waals surface area contributed by atoms with Crippen LogP contribution in [0.3, 0.4) is 0 Å². The zero-order valence-corrected chi connectivity index (χ0v) is 12.3. The molecule has 16 heavy (non-hydrogen) atoms. The summed E-state index contributed by atoms with van der Waals surface area (Å²) in [5, 5.41) is 3.55. The Labute approximate surface area is 103 Å². The number of nitrogens with zero attached hydrogens (tertiary/aromatic N) is 1. The van der Waals surface area contributed by atoms with Crippen molar-refractivity contribution in [1.82, 2.24) is 10.2 Å². The standard InChI is InChI=1S/C14H32N2/c1-7-16(8-2)12-11-15-10-9-13(3)14(4,5)6/h13,15H,7-12H2,1-6H3. The number of hydrogen-bond donors (Lipinski definition) is 1. The van der Waals surface area contributed by atoms with Gasteiger partial charge < -0.3 is 10.2 Å². The summed E-state index contributed by atoms with van der Waals surface area (Å²) in [6.07, 6.45) is 1.28. The van der Waals surface area contributed by atoms with Gasteiger partial charge in [0.25, 0.3) is 0 Å². The first-order valence-corrected chi connectivity index (χ1v) is 6.84. The molecule has 0 bridgehead atoms. The van der Waals surface area contributed by atoms with Gasteiger partial charge in [0.2, 0.25) is 0 Å². The summed E-state index contributed by atoms with van der Waals surface area (Å²) in [6, 6.07) is 0. The summed E-state index contributed by atoms with van der Waals surface area (Å²) >= 11 is 0. The van der Waals surface area contributed by atoms with Crippen LogP contribution >= 0.6 is 0 Å². The lowest BCUT2D eigenvalue weighted by atomic mass is 9.80. The molecule has 0 rings (SSSR count). The predicted octanol–water partition coefficient (Wildman–Crippen LogP) is 2.99. The summed E-state index contributed by atoms with van der Waals surface area (Å²) in [6.45, 7) is 19.6. The molecule has 0 saturated carbocycles. The van der Waals surface area contributed by atoms with Gasteiger partial charge in [0, 0.05) is 13.1 Å². The largest absolute Gasteiger partial charge is 0.315 e. The van der Waals surface area contributed by atoms with Crippen LogP contribution in [0.25, 0.3) is 0 Å². The lowest BCUT2D eigenvalue weighted by Crippen LogP contribution is -2.33. The molecule has 1 N–H and O–H groups in total. The van der Waals surface area contributed by atoms with Gasteiger partial charge >= 0.3 is 0 Å². The molecule has 1 atom stereocenters. The topological polar surface area (TPSA) is 15.3 Å². The van der Waals surface area contributed by atoms with Crippen molar-refractivity contribution in [3.05, 3.63) is 0 Å². The second kappa shape index (κ2) is 8.08. The van der Waals surface area contributed by atoms with E-state index < -0.39 is 0 Å². The van der Waals surface area contributed by atoms with Gasteiger partial charge in [0.05, 0.1) is 0 Å².